The van der Waals surface area contributed by atoms with Gasteiger partial charge in [-0.3, -0.25) is 0 Å². The molecule has 1 saturated heterocycles. The van der Waals surface area contributed by atoms with Crippen molar-refractivity contribution in [3.05, 3.63) is 0 Å². The minimum atomic E-state index is 0.543. The van der Waals surface area contributed by atoms with Crippen molar-refractivity contribution in [3.63, 3.8) is 0 Å². The summed E-state index contributed by atoms with van der Waals surface area (Å²) in [4.78, 5) is 0. The Hall–Kier alpha value is -0.160. The lowest BCUT2D eigenvalue weighted by molar-refractivity contribution is 0.169. The Kier molecular flexibility index (Phi) is 6.07. The molecule has 0 radical (unpaired) electrons. The first-order valence-electron chi connectivity index (χ1n) is 7.80. The molecule has 1 heterocycles. The summed E-state index contributed by atoms with van der Waals surface area (Å²) in [5.41, 5.74) is 0.543. The average molecular weight is 270 g/mol. The highest BCUT2D eigenvalue weighted by atomic mass is 16.5. The second-order valence-corrected chi connectivity index (χ2v) is 6.23. The Bertz CT molecular complexity index is 257. The Balaban J connectivity index is 1.62. The average Bonchev–Trinajstić information content (AvgIpc) is 3.05. The molecule has 1 aliphatic heterocycles. The van der Waals surface area contributed by atoms with Gasteiger partial charge in [-0.2, -0.15) is 0 Å². The molecule has 0 amide bonds. The molecule has 2 fully saturated rings. The van der Waals surface area contributed by atoms with Crippen molar-refractivity contribution in [1.82, 2.24) is 10.6 Å². The summed E-state index contributed by atoms with van der Waals surface area (Å²) in [6.07, 6.45) is 5.12. The highest BCUT2D eigenvalue weighted by Gasteiger charge is 2.41. The molecule has 19 heavy (non-hydrogen) atoms. The van der Waals surface area contributed by atoms with Crippen LogP contribution in [0.5, 0.6) is 0 Å². The standard InChI is InChI=1S/C15H30N2O2/c1-3-7-17-14-11-19-10-13(14)9-16-12-15(4-5-15)6-8-18-2/h13-14,16-17H,3-12H2,1-2H3. The van der Waals surface area contributed by atoms with Crippen molar-refractivity contribution in [2.75, 3.05) is 46.6 Å². The summed E-state index contributed by atoms with van der Waals surface area (Å²) in [5, 5.41) is 7.26. The van der Waals surface area contributed by atoms with E-state index in [0.29, 0.717) is 17.4 Å². The van der Waals surface area contributed by atoms with E-state index in [1.807, 2.05) is 0 Å². The van der Waals surface area contributed by atoms with Crippen LogP contribution in [0.15, 0.2) is 0 Å². The van der Waals surface area contributed by atoms with E-state index in [1.54, 1.807) is 7.11 Å². The van der Waals surface area contributed by atoms with E-state index in [0.717, 1.165) is 39.5 Å². The van der Waals surface area contributed by atoms with Crippen molar-refractivity contribution >= 4 is 0 Å². The molecule has 0 aromatic carbocycles. The van der Waals surface area contributed by atoms with Crippen LogP contribution < -0.4 is 10.6 Å². The van der Waals surface area contributed by atoms with Gasteiger partial charge in [-0.25, -0.2) is 0 Å². The zero-order valence-corrected chi connectivity index (χ0v) is 12.5. The fourth-order valence-electron chi connectivity index (χ4n) is 2.89. The first-order chi connectivity index (χ1) is 9.29. The van der Waals surface area contributed by atoms with Gasteiger partial charge in [0.15, 0.2) is 0 Å². The molecule has 2 atom stereocenters. The summed E-state index contributed by atoms with van der Waals surface area (Å²) in [7, 11) is 1.80. The molecule has 0 aromatic rings. The van der Waals surface area contributed by atoms with E-state index in [9.17, 15) is 0 Å². The van der Waals surface area contributed by atoms with E-state index >= 15 is 0 Å². The number of ether oxygens (including phenoxy) is 2. The van der Waals surface area contributed by atoms with Crippen molar-refractivity contribution in [3.8, 4) is 0 Å². The predicted octanol–water partition coefficient (Wildman–Crippen LogP) is 1.41. The van der Waals surface area contributed by atoms with Crippen molar-refractivity contribution < 1.29 is 9.47 Å². The zero-order chi connectivity index (χ0) is 13.6. The van der Waals surface area contributed by atoms with Gasteiger partial charge in [-0.15, -0.1) is 0 Å². The highest BCUT2D eigenvalue weighted by molar-refractivity contribution is 4.95. The molecule has 112 valence electrons. The van der Waals surface area contributed by atoms with Gasteiger partial charge >= 0.3 is 0 Å². The summed E-state index contributed by atoms with van der Waals surface area (Å²) in [6.45, 7) is 8.21. The van der Waals surface area contributed by atoms with Crippen LogP contribution in [0.1, 0.15) is 32.6 Å². The molecular weight excluding hydrogens is 240 g/mol. The molecule has 2 aliphatic rings. The maximum Gasteiger partial charge on any atom is 0.0623 e. The third-order valence-electron chi connectivity index (χ3n) is 4.56. The van der Waals surface area contributed by atoms with Gasteiger partial charge in [0.05, 0.1) is 13.2 Å². The lowest BCUT2D eigenvalue weighted by atomic mass is 10.0. The number of hydrogen-bond acceptors (Lipinski definition) is 4. The topological polar surface area (TPSA) is 42.5 Å². The maximum absolute atomic E-state index is 5.61. The van der Waals surface area contributed by atoms with E-state index in [1.165, 1.54) is 25.7 Å². The number of methoxy groups -OCH3 is 1. The normalized spacial score (nSPS) is 28.7. The predicted molar refractivity (Wildman–Crippen MR) is 77.4 cm³/mol. The molecule has 0 spiro atoms. The van der Waals surface area contributed by atoms with Gasteiger partial charge < -0.3 is 20.1 Å². The molecule has 4 heteroatoms. The lowest BCUT2D eigenvalue weighted by Gasteiger charge is -2.21. The zero-order valence-electron chi connectivity index (χ0n) is 12.5. The minimum Gasteiger partial charge on any atom is -0.385 e. The van der Waals surface area contributed by atoms with Crippen LogP contribution in [0.25, 0.3) is 0 Å². The van der Waals surface area contributed by atoms with Crippen LogP contribution >= 0.6 is 0 Å². The first kappa shape index (κ1) is 15.2. The smallest absolute Gasteiger partial charge is 0.0623 e. The number of hydrogen-bond donors (Lipinski definition) is 2. The highest BCUT2D eigenvalue weighted by Crippen LogP contribution is 2.48. The van der Waals surface area contributed by atoms with Gasteiger partial charge in [0, 0.05) is 38.8 Å². The third kappa shape index (κ3) is 4.71. The SMILES string of the molecule is CCCNC1COCC1CNCC1(CCOC)CC1. The number of nitrogens with one attached hydrogen (secondary N) is 2. The Morgan fingerprint density at radius 1 is 1.32 bits per heavy atom. The second-order valence-electron chi connectivity index (χ2n) is 6.23. The van der Waals surface area contributed by atoms with Crippen LogP contribution in [0.4, 0.5) is 0 Å². The summed E-state index contributed by atoms with van der Waals surface area (Å²) in [5.74, 6) is 0.629. The molecule has 2 unspecified atom stereocenters. The van der Waals surface area contributed by atoms with E-state index in [-0.39, 0.29) is 0 Å². The maximum atomic E-state index is 5.61. The van der Waals surface area contributed by atoms with Crippen molar-refractivity contribution in [2.45, 2.75) is 38.6 Å². The Morgan fingerprint density at radius 2 is 2.16 bits per heavy atom. The van der Waals surface area contributed by atoms with Gasteiger partial charge in [0.2, 0.25) is 0 Å². The van der Waals surface area contributed by atoms with Gasteiger partial charge in [-0.1, -0.05) is 6.92 Å². The van der Waals surface area contributed by atoms with Crippen molar-refractivity contribution in [2.24, 2.45) is 11.3 Å². The number of rotatable bonds is 10. The Labute approximate surface area is 117 Å². The molecule has 0 aromatic heterocycles. The van der Waals surface area contributed by atoms with Crippen LogP contribution in [0.3, 0.4) is 0 Å². The largest absolute Gasteiger partial charge is 0.385 e. The summed E-state index contributed by atoms with van der Waals surface area (Å²) >= 11 is 0. The molecular formula is C15H30N2O2. The van der Waals surface area contributed by atoms with Crippen molar-refractivity contribution in [1.29, 1.82) is 0 Å². The quantitative estimate of drug-likeness (QED) is 0.630. The van der Waals surface area contributed by atoms with E-state index in [4.69, 9.17) is 9.47 Å². The lowest BCUT2D eigenvalue weighted by Crippen LogP contribution is -2.41. The molecule has 2 N–H and O–H groups in total. The molecule has 0 bridgehead atoms. The monoisotopic (exact) mass is 270 g/mol. The fraction of sp³-hybridized carbons (Fsp3) is 1.00. The second kappa shape index (κ2) is 7.58. The van der Waals surface area contributed by atoms with Crippen LogP contribution in [0, 0.1) is 11.3 Å². The van der Waals surface area contributed by atoms with Gasteiger partial charge in [0.25, 0.3) is 0 Å². The van der Waals surface area contributed by atoms with Gasteiger partial charge in [0.1, 0.15) is 0 Å². The molecule has 1 saturated carbocycles. The van der Waals surface area contributed by atoms with Gasteiger partial charge in [-0.05, 0) is 37.6 Å². The summed E-state index contributed by atoms with van der Waals surface area (Å²) < 4.78 is 10.8. The van der Waals surface area contributed by atoms with E-state index in [2.05, 4.69) is 17.6 Å². The Morgan fingerprint density at radius 3 is 2.84 bits per heavy atom. The molecule has 2 rings (SSSR count). The van der Waals surface area contributed by atoms with Crippen LogP contribution in [-0.4, -0.2) is 52.6 Å². The summed E-state index contributed by atoms with van der Waals surface area (Å²) in [6, 6.07) is 0.543. The first-order valence-corrected chi connectivity index (χ1v) is 7.80. The fourth-order valence-corrected chi connectivity index (χ4v) is 2.89. The molecule has 4 nitrogen and oxygen atoms in total. The minimum absolute atomic E-state index is 0.543. The third-order valence-corrected chi connectivity index (χ3v) is 4.56. The van der Waals surface area contributed by atoms with Crippen LogP contribution in [-0.2, 0) is 9.47 Å². The van der Waals surface area contributed by atoms with Crippen LogP contribution in [0.2, 0.25) is 0 Å². The van der Waals surface area contributed by atoms with E-state index < -0.39 is 0 Å². The molecule has 1 aliphatic carbocycles.